The highest BCUT2D eigenvalue weighted by Crippen LogP contribution is 2.33. The van der Waals surface area contributed by atoms with Crippen molar-refractivity contribution in [3.63, 3.8) is 0 Å². The molecule has 0 atom stereocenters. The number of nitrogens with zero attached hydrogens (tertiary/aromatic N) is 1. The maximum Gasteiger partial charge on any atom is 0.255 e. The summed E-state index contributed by atoms with van der Waals surface area (Å²) in [6, 6.07) is 17.3. The van der Waals surface area contributed by atoms with Crippen LogP contribution in [0.15, 0.2) is 65.0 Å². The summed E-state index contributed by atoms with van der Waals surface area (Å²) in [5, 5.41) is 2.90. The molecule has 158 valence electrons. The van der Waals surface area contributed by atoms with Crippen molar-refractivity contribution in [1.82, 2.24) is 4.98 Å². The molecule has 0 aliphatic rings. The van der Waals surface area contributed by atoms with Crippen LogP contribution in [0.4, 0.5) is 10.1 Å². The Morgan fingerprint density at radius 3 is 2.65 bits per heavy atom. The lowest BCUT2D eigenvalue weighted by Gasteiger charge is -2.10. The number of thiazole rings is 1. The van der Waals surface area contributed by atoms with Crippen molar-refractivity contribution >= 4 is 44.9 Å². The van der Waals surface area contributed by atoms with Crippen molar-refractivity contribution < 1.29 is 18.7 Å². The van der Waals surface area contributed by atoms with Gasteiger partial charge in [0.25, 0.3) is 5.91 Å². The number of halogens is 1. The number of amides is 1. The Kier molecular flexibility index (Phi) is 6.39. The predicted molar refractivity (Wildman–Crippen MR) is 123 cm³/mol. The van der Waals surface area contributed by atoms with E-state index in [0.29, 0.717) is 34.1 Å². The Labute approximate surface area is 187 Å². The highest BCUT2D eigenvalue weighted by atomic mass is 32.2. The molecule has 0 saturated heterocycles. The van der Waals surface area contributed by atoms with Gasteiger partial charge in [-0.2, -0.15) is 0 Å². The van der Waals surface area contributed by atoms with E-state index in [1.165, 1.54) is 36.3 Å². The number of carbonyl (C=O) groups excluding carboxylic acids is 1. The van der Waals surface area contributed by atoms with Crippen LogP contribution in [0.5, 0.6) is 11.5 Å². The van der Waals surface area contributed by atoms with E-state index in [1.807, 2.05) is 24.3 Å². The fourth-order valence-electron chi connectivity index (χ4n) is 2.98. The molecule has 0 saturated carbocycles. The van der Waals surface area contributed by atoms with E-state index in [9.17, 15) is 9.18 Å². The van der Waals surface area contributed by atoms with Crippen LogP contribution in [0.3, 0.4) is 0 Å². The predicted octanol–water partition coefficient (Wildman–Crippen LogP) is 6.00. The molecule has 1 amide bonds. The third-order valence-corrected chi connectivity index (χ3v) is 6.79. The molecule has 0 unspecified atom stereocenters. The van der Waals surface area contributed by atoms with E-state index >= 15 is 0 Å². The standard InChI is InChI=1S/C23H19FN2O3S2/c1-28-19-10-7-14(11-20(19)29-2)22(27)25-16-8-9-18-21(12-16)31-23(26-18)30-13-15-5-3-4-6-17(15)24/h3-12H,13H2,1-2H3,(H,25,27). The summed E-state index contributed by atoms with van der Waals surface area (Å²) in [6.45, 7) is 0. The molecule has 3 aromatic carbocycles. The van der Waals surface area contributed by atoms with E-state index in [2.05, 4.69) is 10.3 Å². The number of fused-ring (bicyclic) bond motifs is 1. The van der Waals surface area contributed by atoms with Crippen molar-refractivity contribution in [3.05, 3.63) is 77.6 Å². The molecule has 0 radical (unpaired) electrons. The largest absolute Gasteiger partial charge is 0.493 e. The Bertz CT molecular complexity index is 1240. The molecule has 1 heterocycles. The smallest absolute Gasteiger partial charge is 0.255 e. The minimum absolute atomic E-state index is 0.212. The number of hydrogen-bond donors (Lipinski definition) is 1. The first-order chi connectivity index (χ1) is 15.1. The Balaban J connectivity index is 1.48. The van der Waals surface area contributed by atoms with E-state index in [-0.39, 0.29) is 11.7 Å². The van der Waals surface area contributed by atoms with Gasteiger partial charge in [-0.1, -0.05) is 30.0 Å². The summed E-state index contributed by atoms with van der Waals surface area (Å²) in [4.78, 5) is 17.2. The highest BCUT2D eigenvalue weighted by Gasteiger charge is 2.12. The second kappa shape index (κ2) is 9.36. The van der Waals surface area contributed by atoms with E-state index in [0.717, 1.165) is 14.6 Å². The zero-order valence-corrected chi connectivity index (χ0v) is 18.5. The number of rotatable bonds is 7. The van der Waals surface area contributed by atoms with Gasteiger partial charge in [0, 0.05) is 17.0 Å². The molecule has 8 heteroatoms. The van der Waals surface area contributed by atoms with Gasteiger partial charge in [0.05, 0.1) is 24.4 Å². The van der Waals surface area contributed by atoms with Crippen molar-refractivity contribution in [2.75, 3.05) is 19.5 Å². The number of benzene rings is 3. The summed E-state index contributed by atoms with van der Waals surface area (Å²) in [5.41, 5.74) is 2.62. The van der Waals surface area contributed by atoms with Crippen LogP contribution < -0.4 is 14.8 Å². The van der Waals surface area contributed by atoms with Crippen LogP contribution in [0.2, 0.25) is 0 Å². The maximum atomic E-state index is 13.8. The molecule has 0 spiro atoms. The van der Waals surface area contributed by atoms with Gasteiger partial charge in [0.15, 0.2) is 15.8 Å². The van der Waals surface area contributed by atoms with Crippen LogP contribution >= 0.6 is 23.1 Å². The Morgan fingerprint density at radius 2 is 1.87 bits per heavy atom. The molecule has 5 nitrogen and oxygen atoms in total. The fraction of sp³-hybridized carbons (Fsp3) is 0.130. The minimum atomic E-state index is -0.251. The van der Waals surface area contributed by atoms with Gasteiger partial charge >= 0.3 is 0 Å². The van der Waals surface area contributed by atoms with Gasteiger partial charge in [-0.15, -0.1) is 11.3 Å². The van der Waals surface area contributed by atoms with Gasteiger partial charge < -0.3 is 14.8 Å². The lowest BCUT2D eigenvalue weighted by atomic mass is 10.2. The zero-order valence-electron chi connectivity index (χ0n) is 16.8. The maximum absolute atomic E-state index is 13.8. The van der Waals surface area contributed by atoms with E-state index < -0.39 is 0 Å². The van der Waals surface area contributed by atoms with Crippen molar-refractivity contribution in [2.24, 2.45) is 0 Å². The van der Waals surface area contributed by atoms with Crippen molar-refractivity contribution in [2.45, 2.75) is 10.1 Å². The third kappa shape index (κ3) is 4.81. The van der Waals surface area contributed by atoms with Crippen LogP contribution in [0, 0.1) is 5.82 Å². The summed E-state index contributed by atoms with van der Waals surface area (Å²) in [5.74, 6) is 1.10. The molecule has 0 bridgehead atoms. The number of methoxy groups -OCH3 is 2. The van der Waals surface area contributed by atoms with E-state index in [4.69, 9.17) is 9.47 Å². The first kappa shape index (κ1) is 21.1. The number of nitrogens with one attached hydrogen (secondary N) is 1. The number of thioether (sulfide) groups is 1. The molecule has 1 N–H and O–H groups in total. The van der Waals surface area contributed by atoms with Crippen molar-refractivity contribution in [1.29, 1.82) is 0 Å². The Hall–Kier alpha value is -3.10. The summed E-state index contributed by atoms with van der Waals surface area (Å²) < 4.78 is 26.1. The Morgan fingerprint density at radius 1 is 1.06 bits per heavy atom. The summed E-state index contributed by atoms with van der Waals surface area (Å²) >= 11 is 3.00. The zero-order chi connectivity index (χ0) is 21.8. The van der Waals surface area contributed by atoms with Crippen LogP contribution in [0.25, 0.3) is 10.2 Å². The summed E-state index contributed by atoms with van der Waals surface area (Å²) in [7, 11) is 3.07. The van der Waals surface area contributed by atoms with Crippen molar-refractivity contribution in [3.8, 4) is 11.5 Å². The third-order valence-electron chi connectivity index (χ3n) is 4.58. The number of hydrogen-bond acceptors (Lipinski definition) is 6. The van der Waals surface area contributed by atoms with Crippen LogP contribution in [-0.2, 0) is 5.75 Å². The molecule has 0 fully saturated rings. The molecule has 4 rings (SSSR count). The number of aromatic nitrogens is 1. The van der Waals surface area contributed by atoms with Crippen LogP contribution in [-0.4, -0.2) is 25.1 Å². The lowest BCUT2D eigenvalue weighted by Crippen LogP contribution is -2.12. The average Bonchev–Trinajstić information content (AvgIpc) is 3.20. The summed E-state index contributed by atoms with van der Waals surface area (Å²) in [6.07, 6.45) is 0. The molecular weight excluding hydrogens is 435 g/mol. The number of anilines is 1. The monoisotopic (exact) mass is 454 g/mol. The van der Waals surface area contributed by atoms with Gasteiger partial charge in [-0.3, -0.25) is 4.79 Å². The van der Waals surface area contributed by atoms with Gasteiger partial charge in [-0.05, 0) is 48.0 Å². The molecular formula is C23H19FN2O3S2. The van der Waals surface area contributed by atoms with Gasteiger partial charge in [-0.25, -0.2) is 9.37 Å². The second-order valence-corrected chi connectivity index (χ2v) is 8.82. The van der Waals surface area contributed by atoms with E-state index in [1.54, 1.807) is 37.4 Å². The average molecular weight is 455 g/mol. The van der Waals surface area contributed by atoms with Crippen LogP contribution in [0.1, 0.15) is 15.9 Å². The molecule has 4 aromatic rings. The SMILES string of the molecule is COc1ccc(C(=O)Nc2ccc3nc(SCc4ccccc4F)sc3c2)cc1OC. The molecule has 0 aliphatic heterocycles. The molecule has 1 aromatic heterocycles. The topological polar surface area (TPSA) is 60.5 Å². The molecule has 31 heavy (non-hydrogen) atoms. The fourth-order valence-corrected chi connectivity index (χ4v) is 5.07. The quantitative estimate of drug-likeness (QED) is 0.347. The van der Waals surface area contributed by atoms with Gasteiger partial charge in [0.2, 0.25) is 0 Å². The minimum Gasteiger partial charge on any atom is -0.493 e. The normalized spacial score (nSPS) is 10.8. The molecule has 0 aliphatic carbocycles. The first-order valence-corrected chi connectivity index (χ1v) is 11.2. The highest BCUT2D eigenvalue weighted by molar-refractivity contribution is 8.00. The number of carbonyl (C=O) groups is 1. The number of ether oxygens (including phenoxy) is 2. The second-order valence-electron chi connectivity index (χ2n) is 6.57. The van der Waals surface area contributed by atoms with Gasteiger partial charge in [0.1, 0.15) is 5.82 Å². The first-order valence-electron chi connectivity index (χ1n) is 9.37. The lowest BCUT2D eigenvalue weighted by molar-refractivity contribution is 0.102.